The van der Waals surface area contributed by atoms with Crippen molar-refractivity contribution in [3.63, 3.8) is 0 Å². The van der Waals surface area contributed by atoms with Crippen molar-refractivity contribution >= 4 is 5.82 Å². The molecule has 3 aliphatic heterocycles. The Morgan fingerprint density at radius 2 is 1.85 bits per heavy atom. The second kappa shape index (κ2) is 10.6. The molecule has 2 fully saturated rings. The third-order valence-corrected chi connectivity index (χ3v) is 6.83. The number of fused-ring (bicyclic) bond motifs is 1. The minimum absolute atomic E-state index is 0.260. The fourth-order valence-electron chi connectivity index (χ4n) is 4.94. The Hall–Kier alpha value is -2.48. The van der Waals surface area contributed by atoms with E-state index in [9.17, 15) is 5.11 Å². The van der Waals surface area contributed by atoms with Crippen LogP contribution in [-0.2, 0) is 15.9 Å². The first-order chi connectivity index (χ1) is 16.3. The maximum atomic E-state index is 10.1. The number of hydrogen-bond acceptors (Lipinski definition) is 7. The predicted octanol–water partition coefficient (Wildman–Crippen LogP) is 3.73. The zero-order chi connectivity index (χ0) is 22.5. The lowest BCUT2D eigenvalue weighted by Gasteiger charge is -2.32. The van der Waals surface area contributed by atoms with Gasteiger partial charge in [0.25, 0.3) is 0 Å². The van der Waals surface area contributed by atoms with Gasteiger partial charge < -0.3 is 19.5 Å². The van der Waals surface area contributed by atoms with Crippen molar-refractivity contribution in [1.29, 1.82) is 0 Å². The lowest BCUT2D eigenvalue weighted by atomic mass is 9.95. The maximum Gasteiger partial charge on any atom is 0.140 e. The molecular weight excluding hydrogens is 416 g/mol. The Labute approximate surface area is 196 Å². The molecule has 5 rings (SSSR count). The van der Waals surface area contributed by atoms with Crippen LogP contribution in [0.2, 0.25) is 0 Å². The summed E-state index contributed by atoms with van der Waals surface area (Å²) in [4.78, 5) is 15.0. The van der Waals surface area contributed by atoms with Crippen LogP contribution in [-0.4, -0.2) is 72.6 Å². The molecule has 0 amide bonds. The minimum atomic E-state index is 0.260. The SMILES string of the molecule is Oc1cccc(-c2nc(C3CCCCOCC3)nc3c2CC=CN3CCN2CCOCC2)c1. The molecule has 33 heavy (non-hydrogen) atoms. The van der Waals surface area contributed by atoms with Gasteiger partial charge in [0.15, 0.2) is 0 Å². The molecule has 1 aromatic heterocycles. The first-order valence-corrected chi connectivity index (χ1v) is 12.3. The number of benzene rings is 1. The zero-order valence-electron chi connectivity index (χ0n) is 19.3. The molecule has 0 spiro atoms. The number of rotatable bonds is 5. The first kappa shape index (κ1) is 22.3. The first-order valence-electron chi connectivity index (χ1n) is 12.3. The highest BCUT2D eigenvalue weighted by molar-refractivity contribution is 5.72. The quantitative estimate of drug-likeness (QED) is 0.744. The van der Waals surface area contributed by atoms with Gasteiger partial charge in [0.1, 0.15) is 17.4 Å². The lowest BCUT2D eigenvalue weighted by Crippen LogP contribution is -2.41. The van der Waals surface area contributed by atoms with Crippen molar-refractivity contribution in [3.8, 4) is 17.0 Å². The maximum absolute atomic E-state index is 10.1. The molecule has 2 aromatic rings. The van der Waals surface area contributed by atoms with Crippen LogP contribution >= 0.6 is 0 Å². The zero-order valence-corrected chi connectivity index (χ0v) is 19.3. The number of nitrogens with zero attached hydrogens (tertiary/aromatic N) is 4. The molecule has 0 saturated carbocycles. The van der Waals surface area contributed by atoms with Gasteiger partial charge in [-0.2, -0.15) is 0 Å². The second-order valence-electron chi connectivity index (χ2n) is 9.11. The number of allylic oxidation sites excluding steroid dienone is 1. The van der Waals surface area contributed by atoms with Gasteiger partial charge in [0.05, 0.1) is 18.9 Å². The molecule has 3 aliphatic rings. The van der Waals surface area contributed by atoms with Crippen LogP contribution < -0.4 is 4.90 Å². The van der Waals surface area contributed by atoms with Crippen molar-refractivity contribution in [1.82, 2.24) is 14.9 Å². The molecule has 1 atom stereocenters. The number of phenols is 1. The van der Waals surface area contributed by atoms with E-state index < -0.39 is 0 Å². The van der Waals surface area contributed by atoms with Crippen LogP contribution in [0.3, 0.4) is 0 Å². The summed E-state index contributed by atoms with van der Waals surface area (Å²) in [5, 5.41) is 10.1. The van der Waals surface area contributed by atoms with Gasteiger partial charge in [0, 0.05) is 62.6 Å². The highest BCUT2D eigenvalue weighted by atomic mass is 16.5. The topological polar surface area (TPSA) is 71.0 Å². The molecule has 1 N–H and O–H groups in total. The third kappa shape index (κ3) is 5.37. The van der Waals surface area contributed by atoms with Gasteiger partial charge in [-0.3, -0.25) is 4.90 Å². The molecule has 176 valence electrons. The van der Waals surface area contributed by atoms with Crippen molar-refractivity contribution in [3.05, 3.63) is 47.9 Å². The molecule has 0 radical (unpaired) electrons. The Balaban J connectivity index is 1.49. The van der Waals surface area contributed by atoms with E-state index in [4.69, 9.17) is 19.4 Å². The Morgan fingerprint density at radius 1 is 0.970 bits per heavy atom. The van der Waals surface area contributed by atoms with E-state index in [1.165, 1.54) is 0 Å². The number of morpholine rings is 1. The number of hydrogen-bond donors (Lipinski definition) is 1. The van der Waals surface area contributed by atoms with Gasteiger partial charge in [-0.15, -0.1) is 0 Å². The van der Waals surface area contributed by atoms with E-state index >= 15 is 0 Å². The summed E-state index contributed by atoms with van der Waals surface area (Å²) >= 11 is 0. The Kier molecular flexibility index (Phi) is 7.19. The lowest BCUT2D eigenvalue weighted by molar-refractivity contribution is 0.0393. The van der Waals surface area contributed by atoms with Crippen molar-refractivity contribution < 1.29 is 14.6 Å². The molecule has 1 aromatic carbocycles. The molecule has 0 bridgehead atoms. The van der Waals surface area contributed by atoms with E-state index in [1.807, 2.05) is 18.2 Å². The fourth-order valence-corrected chi connectivity index (χ4v) is 4.94. The highest BCUT2D eigenvalue weighted by Crippen LogP contribution is 2.36. The smallest absolute Gasteiger partial charge is 0.140 e. The standard InChI is InChI=1S/C26H34N4O3/c31-22-7-3-6-21(19-22)24-23-8-4-10-30(12-11-29-13-17-33-18-14-29)26(23)28-25(27-24)20-5-1-2-15-32-16-9-20/h3-4,6-7,10,19-20,31H,1-2,5,8-9,11-18H2. The van der Waals surface area contributed by atoms with Gasteiger partial charge >= 0.3 is 0 Å². The van der Waals surface area contributed by atoms with E-state index in [2.05, 4.69) is 22.1 Å². The number of aromatic nitrogens is 2. The Bertz CT molecular complexity index is 966. The average Bonchev–Trinajstić information content (AvgIpc) is 2.82. The summed E-state index contributed by atoms with van der Waals surface area (Å²) in [7, 11) is 0. The van der Waals surface area contributed by atoms with Crippen LogP contribution in [0.1, 0.15) is 43.0 Å². The minimum Gasteiger partial charge on any atom is -0.508 e. The van der Waals surface area contributed by atoms with E-state index in [0.717, 1.165) is 113 Å². The number of aromatic hydroxyl groups is 1. The van der Waals surface area contributed by atoms with Crippen molar-refractivity contribution in [2.24, 2.45) is 0 Å². The van der Waals surface area contributed by atoms with E-state index in [0.29, 0.717) is 5.92 Å². The summed E-state index contributed by atoms with van der Waals surface area (Å²) in [6, 6.07) is 7.43. The van der Waals surface area contributed by atoms with Gasteiger partial charge in [0.2, 0.25) is 0 Å². The Morgan fingerprint density at radius 3 is 2.73 bits per heavy atom. The molecule has 7 nitrogen and oxygen atoms in total. The summed E-state index contributed by atoms with van der Waals surface area (Å²) in [6.45, 7) is 7.05. The molecule has 2 saturated heterocycles. The fraction of sp³-hybridized carbons (Fsp3) is 0.538. The summed E-state index contributed by atoms with van der Waals surface area (Å²) in [6.07, 6.45) is 9.42. The predicted molar refractivity (Wildman–Crippen MR) is 129 cm³/mol. The molecule has 4 heterocycles. The number of ether oxygens (including phenoxy) is 2. The van der Waals surface area contributed by atoms with Crippen LogP contribution in [0.15, 0.2) is 36.5 Å². The molecule has 7 heteroatoms. The monoisotopic (exact) mass is 450 g/mol. The number of anilines is 1. The molecular formula is C26H34N4O3. The molecule has 1 unspecified atom stereocenters. The van der Waals surface area contributed by atoms with Gasteiger partial charge in [-0.05, 0) is 37.8 Å². The summed E-state index contributed by atoms with van der Waals surface area (Å²) < 4.78 is 11.3. The normalized spacial score (nSPS) is 21.9. The van der Waals surface area contributed by atoms with Crippen molar-refractivity contribution in [2.45, 2.75) is 38.0 Å². The van der Waals surface area contributed by atoms with Crippen LogP contribution in [0, 0.1) is 0 Å². The van der Waals surface area contributed by atoms with Gasteiger partial charge in [-0.25, -0.2) is 9.97 Å². The summed E-state index contributed by atoms with van der Waals surface area (Å²) in [5.74, 6) is 2.47. The second-order valence-corrected chi connectivity index (χ2v) is 9.11. The van der Waals surface area contributed by atoms with E-state index in [1.54, 1.807) is 6.07 Å². The van der Waals surface area contributed by atoms with Gasteiger partial charge in [-0.1, -0.05) is 24.6 Å². The largest absolute Gasteiger partial charge is 0.508 e. The van der Waals surface area contributed by atoms with E-state index in [-0.39, 0.29) is 5.75 Å². The van der Waals surface area contributed by atoms with Crippen LogP contribution in [0.4, 0.5) is 5.82 Å². The molecule has 0 aliphatic carbocycles. The van der Waals surface area contributed by atoms with Crippen molar-refractivity contribution in [2.75, 3.05) is 57.5 Å². The summed E-state index contributed by atoms with van der Waals surface area (Å²) in [5.41, 5.74) is 3.02. The van der Waals surface area contributed by atoms with Crippen LogP contribution in [0.5, 0.6) is 5.75 Å². The average molecular weight is 451 g/mol. The highest BCUT2D eigenvalue weighted by Gasteiger charge is 2.26. The van der Waals surface area contributed by atoms with Crippen LogP contribution in [0.25, 0.3) is 11.3 Å². The number of phenolic OH excluding ortho intramolecular Hbond substituents is 1. The third-order valence-electron chi connectivity index (χ3n) is 6.83.